The Bertz CT molecular complexity index is 1040. The molecule has 0 saturated heterocycles. The lowest BCUT2D eigenvalue weighted by molar-refractivity contribution is 0.218. The minimum Gasteiger partial charge on any atom is -0.384 e. The predicted octanol–water partition coefficient (Wildman–Crippen LogP) is 3.34. The van der Waals surface area contributed by atoms with Crippen LogP contribution < -0.4 is 4.72 Å². The second-order valence-corrected chi connectivity index (χ2v) is 8.50. The molecule has 138 valence electrons. The molecule has 3 aromatic rings. The first kappa shape index (κ1) is 19.0. The van der Waals surface area contributed by atoms with Crippen LogP contribution in [0.25, 0.3) is 11.0 Å². The Morgan fingerprint density at radius 3 is 2.77 bits per heavy atom. The number of methoxy groups -OCH3 is 1. The van der Waals surface area contributed by atoms with E-state index in [0.717, 1.165) is 0 Å². The Morgan fingerprint density at radius 2 is 2.00 bits per heavy atom. The van der Waals surface area contributed by atoms with E-state index in [1.165, 1.54) is 22.2 Å². The van der Waals surface area contributed by atoms with Gasteiger partial charge in [0.2, 0.25) is 0 Å². The fourth-order valence-corrected chi connectivity index (χ4v) is 4.55. The Hall–Kier alpha value is -1.81. The first-order valence-electron chi connectivity index (χ1n) is 7.68. The van der Waals surface area contributed by atoms with Crippen LogP contribution in [0, 0.1) is 6.92 Å². The zero-order valence-electron chi connectivity index (χ0n) is 14.1. The molecule has 10 heteroatoms. The summed E-state index contributed by atoms with van der Waals surface area (Å²) >= 11 is 7.44. The summed E-state index contributed by atoms with van der Waals surface area (Å²) in [7, 11) is -2.12. The van der Waals surface area contributed by atoms with Gasteiger partial charge in [0.05, 0.1) is 17.2 Å². The van der Waals surface area contributed by atoms with Gasteiger partial charge in [-0.25, -0.2) is 8.42 Å². The monoisotopic (exact) mass is 412 g/mol. The highest BCUT2D eigenvalue weighted by Crippen LogP contribution is 2.26. The summed E-state index contributed by atoms with van der Waals surface area (Å²) in [6.07, 6.45) is 0. The average molecular weight is 413 g/mol. The van der Waals surface area contributed by atoms with Gasteiger partial charge >= 0.3 is 0 Å². The normalized spacial score (nSPS) is 11.8. The van der Waals surface area contributed by atoms with Crippen LogP contribution in [0.5, 0.6) is 0 Å². The minimum atomic E-state index is -3.76. The lowest BCUT2D eigenvalue weighted by Crippen LogP contribution is -2.14. The third kappa shape index (κ3) is 4.12. The van der Waals surface area contributed by atoms with E-state index in [4.69, 9.17) is 16.3 Å². The van der Waals surface area contributed by atoms with E-state index in [-0.39, 0.29) is 4.90 Å². The highest BCUT2D eigenvalue weighted by Gasteiger charge is 2.18. The van der Waals surface area contributed by atoms with Gasteiger partial charge < -0.3 is 4.74 Å². The van der Waals surface area contributed by atoms with Crippen molar-refractivity contribution < 1.29 is 13.2 Å². The Morgan fingerprint density at radius 1 is 1.23 bits per heavy atom. The first-order valence-corrected chi connectivity index (χ1v) is 10.5. The van der Waals surface area contributed by atoms with Crippen molar-refractivity contribution in [1.29, 1.82) is 0 Å². The zero-order valence-corrected chi connectivity index (χ0v) is 16.5. The number of hydrogen-bond acceptors (Lipinski definition) is 6. The predicted molar refractivity (Wildman–Crippen MR) is 104 cm³/mol. The molecule has 3 rings (SSSR count). The molecule has 0 amide bonds. The summed E-state index contributed by atoms with van der Waals surface area (Å²) in [5.74, 6) is 0.713. The standard InChI is InChI=1S/C16H17ClN4O3S2/c1-11-13(17)4-3-5-16(11)26(22,23)20-12-6-7-14-15(10-12)19-21(18-14)25-9-8-24-2/h3-7,10,20H,8-9H2,1-2H3. The van der Waals surface area contributed by atoms with Gasteiger partial charge in [-0.3, -0.25) is 4.72 Å². The number of nitrogens with zero attached hydrogens (tertiary/aromatic N) is 3. The van der Waals surface area contributed by atoms with E-state index >= 15 is 0 Å². The van der Waals surface area contributed by atoms with Crippen molar-refractivity contribution in [2.75, 3.05) is 24.2 Å². The molecule has 0 radical (unpaired) electrons. The second kappa shape index (κ2) is 7.83. The average Bonchev–Trinajstić information content (AvgIpc) is 2.99. The van der Waals surface area contributed by atoms with Gasteiger partial charge in [-0.15, -0.1) is 14.4 Å². The molecule has 0 saturated carbocycles. The van der Waals surface area contributed by atoms with E-state index in [1.54, 1.807) is 44.4 Å². The third-order valence-corrected chi connectivity index (χ3v) is 6.29. The van der Waals surface area contributed by atoms with Gasteiger partial charge in [-0.05, 0) is 54.8 Å². The molecule has 2 aromatic carbocycles. The molecule has 7 nitrogen and oxygen atoms in total. The third-order valence-electron chi connectivity index (χ3n) is 3.62. The number of benzene rings is 2. The molecule has 0 aliphatic carbocycles. The fourth-order valence-electron chi connectivity index (χ4n) is 2.31. The molecule has 0 aliphatic rings. The van der Waals surface area contributed by atoms with E-state index in [0.29, 0.717) is 39.7 Å². The van der Waals surface area contributed by atoms with E-state index in [1.807, 2.05) is 0 Å². The zero-order chi connectivity index (χ0) is 18.7. The Labute approximate surface area is 160 Å². The van der Waals surface area contributed by atoms with Crippen molar-refractivity contribution in [2.24, 2.45) is 0 Å². The van der Waals surface area contributed by atoms with Crippen molar-refractivity contribution in [1.82, 2.24) is 14.4 Å². The summed E-state index contributed by atoms with van der Waals surface area (Å²) in [4.78, 5) is 0.142. The van der Waals surface area contributed by atoms with Crippen molar-refractivity contribution >= 4 is 50.3 Å². The largest absolute Gasteiger partial charge is 0.384 e. The summed E-state index contributed by atoms with van der Waals surface area (Å²) in [6, 6.07) is 9.80. The molecule has 0 atom stereocenters. The smallest absolute Gasteiger partial charge is 0.262 e. The second-order valence-electron chi connectivity index (χ2n) is 5.45. The maximum atomic E-state index is 12.7. The number of ether oxygens (including phenoxy) is 1. The summed E-state index contributed by atoms with van der Waals surface area (Å²) in [5, 5.41) is 9.06. The number of sulfonamides is 1. The molecule has 0 bridgehead atoms. The van der Waals surface area contributed by atoms with Crippen molar-refractivity contribution in [2.45, 2.75) is 11.8 Å². The molecule has 1 N–H and O–H groups in total. The maximum Gasteiger partial charge on any atom is 0.262 e. The summed E-state index contributed by atoms with van der Waals surface area (Å²) in [5.41, 5.74) is 2.18. The van der Waals surface area contributed by atoms with Gasteiger partial charge in [0, 0.05) is 17.9 Å². The van der Waals surface area contributed by atoms with Crippen LogP contribution in [-0.4, -0.2) is 42.3 Å². The van der Waals surface area contributed by atoms with Gasteiger partial charge in [-0.1, -0.05) is 17.7 Å². The van der Waals surface area contributed by atoms with Gasteiger partial charge in [0.1, 0.15) is 11.0 Å². The van der Waals surface area contributed by atoms with Crippen LogP contribution in [0.2, 0.25) is 5.02 Å². The van der Waals surface area contributed by atoms with Crippen LogP contribution in [0.15, 0.2) is 41.3 Å². The molecule has 1 heterocycles. The van der Waals surface area contributed by atoms with Gasteiger partial charge in [-0.2, -0.15) is 0 Å². The fraction of sp³-hybridized carbons (Fsp3) is 0.250. The quantitative estimate of drug-likeness (QED) is 0.599. The number of rotatable bonds is 7. The van der Waals surface area contributed by atoms with Gasteiger partial charge in [0.15, 0.2) is 0 Å². The molecule has 26 heavy (non-hydrogen) atoms. The SMILES string of the molecule is COCCSn1nc2ccc(NS(=O)(=O)c3cccc(Cl)c3C)cc2n1. The summed E-state index contributed by atoms with van der Waals surface area (Å²) in [6.45, 7) is 2.26. The number of anilines is 1. The number of fused-ring (bicyclic) bond motifs is 1. The topological polar surface area (TPSA) is 86.1 Å². The van der Waals surface area contributed by atoms with Crippen molar-refractivity contribution in [3.05, 3.63) is 47.0 Å². The number of halogens is 1. The molecular weight excluding hydrogens is 396 g/mol. The van der Waals surface area contributed by atoms with Crippen LogP contribution in [-0.2, 0) is 14.8 Å². The Kier molecular flexibility index (Phi) is 5.71. The number of hydrogen-bond donors (Lipinski definition) is 1. The number of aromatic nitrogens is 3. The maximum absolute atomic E-state index is 12.7. The van der Waals surface area contributed by atoms with Crippen LogP contribution in [0.4, 0.5) is 5.69 Å². The Balaban J connectivity index is 1.85. The van der Waals surface area contributed by atoms with Crippen LogP contribution >= 0.6 is 23.5 Å². The van der Waals surface area contributed by atoms with E-state index in [2.05, 4.69) is 14.9 Å². The molecule has 0 fully saturated rings. The first-order chi connectivity index (χ1) is 12.4. The van der Waals surface area contributed by atoms with Gasteiger partial charge in [0.25, 0.3) is 10.0 Å². The molecule has 1 aromatic heterocycles. The molecule has 0 aliphatic heterocycles. The van der Waals surface area contributed by atoms with E-state index in [9.17, 15) is 8.42 Å². The molecule has 0 spiro atoms. The lowest BCUT2D eigenvalue weighted by atomic mass is 10.2. The minimum absolute atomic E-state index is 0.142. The highest BCUT2D eigenvalue weighted by molar-refractivity contribution is 7.97. The number of nitrogens with one attached hydrogen (secondary N) is 1. The van der Waals surface area contributed by atoms with Crippen LogP contribution in [0.1, 0.15) is 5.56 Å². The summed E-state index contributed by atoms with van der Waals surface area (Å²) < 4.78 is 34.4. The van der Waals surface area contributed by atoms with E-state index < -0.39 is 10.0 Å². The highest BCUT2D eigenvalue weighted by atomic mass is 35.5. The molecule has 0 unspecified atom stereocenters. The van der Waals surface area contributed by atoms with Crippen LogP contribution in [0.3, 0.4) is 0 Å². The van der Waals surface area contributed by atoms with Crippen molar-refractivity contribution in [3.63, 3.8) is 0 Å². The molecular formula is C16H17ClN4O3S2. The van der Waals surface area contributed by atoms with Crippen molar-refractivity contribution in [3.8, 4) is 0 Å². The lowest BCUT2D eigenvalue weighted by Gasteiger charge is -2.11.